The highest BCUT2D eigenvalue weighted by atomic mass is 16.4. The van der Waals surface area contributed by atoms with Crippen LogP contribution in [-0.2, 0) is 19.2 Å². The van der Waals surface area contributed by atoms with Gasteiger partial charge >= 0.3 is 23.9 Å². The van der Waals surface area contributed by atoms with Gasteiger partial charge in [-0.2, -0.15) is 0 Å². The molecule has 0 aromatic heterocycles. The summed E-state index contributed by atoms with van der Waals surface area (Å²) in [6.07, 6.45) is 2.16. The van der Waals surface area contributed by atoms with Gasteiger partial charge in [-0.25, -0.2) is 0 Å². The lowest BCUT2D eigenvalue weighted by Gasteiger charge is -2.07. The smallest absolute Gasteiger partial charge is 0.320 e. The summed E-state index contributed by atoms with van der Waals surface area (Å²) >= 11 is 0. The zero-order chi connectivity index (χ0) is 25.0. The van der Waals surface area contributed by atoms with Crippen molar-refractivity contribution < 1.29 is 39.6 Å². The zero-order valence-corrected chi connectivity index (χ0v) is 18.0. The molecule has 180 valence electrons. The minimum Gasteiger partial charge on any atom is -0.480 e. The van der Waals surface area contributed by atoms with E-state index in [0.29, 0.717) is 13.0 Å². The lowest BCUT2D eigenvalue weighted by Crippen LogP contribution is -2.34. The van der Waals surface area contributed by atoms with Crippen molar-refractivity contribution in [3.05, 3.63) is 0 Å². The van der Waals surface area contributed by atoms with Gasteiger partial charge in [0, 0.05) is 0 Å². The van der Waals surface area contributed by atoms with Crippen molar-refractivity contribution in [2.75, 3.05) is 6.54 Å². The molecule has 14 N–H and O–H groups in total. The molecule has 0 spiro atoms. The maximum atomic E-state index is 10.1. The van der Waals surface area contributed by atoms with Gasteiger partial charge in [0.05, 0.1) is 0 Å². The first kappa shape index (κ1) is 35.1. The summed E-state index contributed by atoms with van der Waals surface area (Å²) in [6.45, 7) is 6.99. The fourth-order valence-electron chi connectivity index (χ4n) is 0.917. The van der Waals surface area contributed by atoms with E-state index in [1.165, 1.54) is 13.8 Å². The van der Waals surface area contributed by atoms with Crippen LogP contribution in [0.15, 0.2) is 0 Å². The molecular formula is C17H39N5O8. The van der Waals surface area contributed by atoms with Crippen LogP contribution in [0.3, 0.4) is 0 Å². The maximum Gasteiger partial charge on any atom is 0.320 e. The lowest BCUT2D eigenvalue weighted by atomic mass is 10.1. The molecule has 0 saturated carbocycles. The number of hydrogen-bond acceptors (Lipinski definition) is 9. The van der Waals surface area contributed by atoms with Gasteiger partial charge in [-0.3, -0.25) is 19.2 Å². The molecule has 0 aliphatic rings. The molecule has 0 aliphatic heterocycles. The van der Waals surface area contributed by atoms with Crippen LogP contribution in [-0.4, -0.2) is 75.0 Å². The summed E-state index contributed by atoms with van der Waals surface area (Å²) in [5, 5.41) is 32.3. The Morgan fingerprint density at radius 3 is 1.13 bits per heavy atom. The van der Waals surface area contributed by atoms with E-state index in [4.69, 9.17) is 49.1 Å². The first-order valence-corrected chi connectivity index (χ1v) is 9.16. The molecule has 0 aromatic carbocycles. The summed E-state index contributed by atoms with van der Waals surface area (Å²) in [4.78, 5) is 39.3. The van der Waals surface area contributed by atoms with Gasteiger partial charge < -0.3 is 49.1 Å². The molecule has 0 unspecified atom stereocenters. The summed E-state index contributed by atoms with van der Waals surface area (Å²) in [6, 6.07) is -2.89. The molecule has 0 fully saturated rings. The van der Waals surface area contributed by atoms with Crippen molar-refractivity contribution in [1.82, 2.24) is 0 Å². The Morgan fingerprint density at radius 1 is 0.667 bits per heavy atom. The Bertz CT molecular complexity index is 469. The van der Waals surface area contributed by atoms with Crippen molar-refractivity contribution in [1.29, 1.82) is 0 Å². The number of carbonyl (C=O) groups is 4. The molecule has 0 radical (unpaired) electrons. The van der Waals surface area contributed by atoms with Crippen LogP contribution < -0.4 is 28.7 Å². The van der Waals surface area contributed by atoms with E-state index in [-0.39, 0.29) is 5.92 Å². The highest BCUT2D eigenvalue weighted by Gasteiger charge is 2.14. The highest BCUT2D eigenvalue weighted by molar-refractivity contribution is 5.73. The van der Waals surface area contributed by atoms with Gasteiger partial charge in [-0.15, -0.1) is 0 Å². The SMILES string of the molecule is CC(C)[C@H](N)C(=O)O.C[C@H](N)C(=O)O.C[C@H](N)C(=O)O.NCCCC[C@H](N)C(=O)O. The average molecular weight is 442 g/mol. The summed E-state index contributed by atoms with van der Waals surface area (Å²) in [5.74, 6) is -3.77. The molecule has 0 amide bonds. The standard InChI is InChI=1S/C6H14N2O2.C5H11NO2.2C3H7NO2/c7-4-2-1-3-5(8)6(9)10;1-3(2)4(6)5(7)8;2*1-2(4)3(5)6/h5H,1-4,7-8H2,(H,9,10);3-4H,6H2,1-2H3,(H,7,8);2*2H,4H2,1H3,(H,5,6)/t5-;4-;2*2-/m0000/s1. The van der Waals surface area contributed by atoms with Crippen LogP contribution >= 0.6 is 0 Å². The van der Waals surface area contributed by atoms with Gasteiger partial charge in [-0.05, 0) is 39.2 Å². The molecule has 13 heteroatoms. The van der Waals surface area contributed by atoms with E-state index in [0.717, 1.165) is 12.8 Å². The molecular weight excluding hydrogens is 402 g/mol. The predicted octanol–water partition coefficient (Wildman–Crippen LogP) is -1.58. The van der Waals surface area contributed by atoms with Crippen molar-refractivity contribution in [3.8, 4) is 0 Å². The number of carboxylic acids is 4. The van der Waals surface area contributed by atoms with Crippen molar-refractivity contribution >= 4 is 23.9 Å². The minimum atomic E-state index is -0.963. The molecule has 30 heavy (non-hydrogen) atoms. The summed E-state index contributed by atoms with van der Waals surface area (Å²) in [7, 11) is 0. The van der Waals surface area contributed by atoms with Crippen LogP contribution in [0, 0.1) is 5.92 Å². The van der Waals surface area contributed by atoms with Gasteiger partial charge in [-0.1, -0.05) is 20.3 Å². The van der Waals surface area contributed by atoms with E-state index in [9.17, 15) is 19.2 Å². The third-order valence-corrected chi connectivity index (χ3v) is 3.07. The minimum absolute atomic E-state index is 0.0208. The van der Waals surface area contributed by atoms with E-state index in [1.54, 1.807) is 13.8 Å². The number of unbranched alkanes of at least 4 members (excludes halogenated alkanes) is 1. The average Bonchev–Trinajstić information content (AvgIpc) is 2.62. The topological polar surface area (TPSA) is 279 Å². The molecule has 0 aromatic rings. The number of rotatable bonds is 9. The Kier molecular flexibility index (Phi) is 25.1. The first-order valence-electron chi connectivity index (χ1n) is 9.16. The second kappa shape index (κ2) is 21.4. The molecule has 0 rings (SSSR count). The van der Waals surface area contributed by atoms with Crippen molar-refractivity contribution in [2.45, 2.75) is 71.1 Å². The van der Waals surface area contributed by atoms with Gasteiger partial charge in [0.15, 0.2) is 0 Å². The zero-order valence-electron chi connectivity index (χ0n) is 18.0. The van der Waals surface area contributed by atoms with Crippen molar-refractivity contribution in [2.24, 2.45) is 34.6 Å². The monoisotopic (exact) mass is 441 g/mol. The fraction of sp³-hybridized carbons (Fsp3) is 0.765. The van der Waals surface area contributed by atoms with Crippen LogP contribution in [0.1, 0.15) is 47.0 Å². The third kappa shape index (κ3) is 30.4. The third-order valence-electron chi connectivity index (χ3n) is 3.07. The van der Waals surface area contributed by atoms with E-state index >= 15 is 0 Å². The molecule has 0 aliphatic carbocycles. The largest absolute Gasteiger partial charge is 0.480 e. The predicted molar refractivity (Wildman–Crippen MR) is 112 cm³/mol. The summed E-state index contributed by atoms with van der Waals surface area (Å²) < 4.78 is 0. The lowest BCUT2D eigenvalue weighted by molar-refractivity contribution is -0.140. The Balaban J connectivity index is -0.000000154. The van der Waals surface area contributed by atoms with Gasteiger partial charge in [0.25, 0.3) is 0 Å². The second-order valence-corrected chi connectivity index (χ2v) is 6.59. The van der Waals surface area contributed by atoms with E-state index in [1.807, 2.05) is 0 Å². The van der Waals surface area contributed by atoms with E-state index in [2.05, 4.69) is 0 Å². The normalized spacial score (nSPS) is 13.5. The molecule has 0 bridgehead atoms. The molecule has 13 nitrogen and oxygen atoms in total. The second-order valence-electron chi connectivity index (χ2n) is 6.59. The maximum absolute atomic E-state index is 10.1. The highest BCUT2D eigenvalue weighted by Crippen LogP contribution is 1.97. The first-order chi connectivity index (χ1) is 13.5. The Labute approximate surface area is 176 Å². The number of carboxylic acid groups (broad SMARTS) is 4. The molecule has 4 atom stereocenters. The number of nitrogens with two attached hydrogens (primary N) is 5. The Hall–Kier alpha value is -2.32. The Morgan fingerprint density at radius 2 is 1.00 bits per heavy atom. The van der Waals surface area contributed by atoms with Crippen LogP contribution in [0.2, 0.25) is 0 Å². The van der Waals surface area contributed by atoms with Crippen LogP contribution in [0.4, 0.5) is 0 Å². The summed E-state index contributed by atoms with van der Waals surface area (Å²) in [5.41, 5.74) is 25.3. The number of aliphatic carboxylic acids is 4. The molecule has 0 heterocycles. The van der Waals surface area contributed by atoms with Crippen LogP contribution in [0.5, 0.6) is 0 Å². The van der Waals surface area contributed by atoms with E-state index < -0.39 is 48.0 Å². The number of hydrogen-bond donors (Lipinski definition) is 9. The quantitative estimate of drug-likeness (QED) is 0.183. The van der Waals surface area contributed by atoms with Gasteiger partial charge in [0.2, 0.25) is 0 Å². The van der Waals surface area contributed by atoms with Crippen LogP contribution in [0.25, 0.3) is 0 Å². The fourth-order valence-corrected chi connectivity index (χ4v) is 0.917. The van der Waals surface area contributed by atoms with Gasteiger partial charge in [0.1, 0.15) is 24.2 Å². The van der Waals surface area contributed by atoms with Crippen molar-refractivity contribution in [3.63, 3.8) is 0 Å². The molecule has 0 saturated heterocycles.